The Morgan fingerprint density at radius 3 is 1.59 bits per heavy atom. The molecule has 14 rings (SSSR count). The normalized spacial score (nSPS) is 12.1. The highest BCUT2D eigenvalue weighted by molar-refractivity contribution is 6.22. The summed E-state index contributed by atoms with van der Waals surface area (Å²) in [6.45, 7) is 0. The quantitative estimate of drug-likeness (QED) is 0.177. The first-order valence-electron chi connectivity index (χ1n) is 21.2. The van der Waals surface area contributed by atoms with E-state index in [2.05, 4.69) is 174 Å². The van der Waals surface area contributed by atoms with Crippen LogP contribution in [0, 0.1) is 0 Å². The van der Waals surface area contributed by atoms with E-state index in [-0.39, 0.29) is 0 Å². The van der Waals surface area contributed by atoms with Gasteiger partial charge in [-0.1, -0.05) is 133 Å². The van der Waals surface area contributed by atoms with Crippen molar-refractivity contribution >= 4 is 98.0 Å². The van der Waals surface area contributed by atoms with Gasteiger partial charge in [0.05, 0.1) is 16.7 Å². The summed E-state index contributed by atoms with van der Waals surface area (Å²) >= 11 is 0. The van der Waals surface area contributed by atoms with Crippen molar-refractivity contribution in [2.24, 2.45) is 0 Å². The highest BCUT2D eigenvalue weighted by atomic mass is 16.3. The molecule has 0 atom stereocenters. The highest BCUT2D eigenvalue weighted by Gasteiger charge is 2.21. The monoisotopic (exact) mass is 804 g/mol. The maximum atomic E-state index is 6.91. The molecule has 0 fully saturated rings. The number of benzene rings is 10. The number of nitrogens with zero attached hydrogens (tertiary/aromatic N) is 4. The Morgan fingerprint density at radius 2 is 0.825 bits per heavy atom. The molecule has 0 aliphatic carbocycles. The zero-order valence-corrected chi connectivity index (χ0v) is 33.6. The van der Waals surface area contributed by atoms with Crippen LogP contribution in [-0.4, -0.2) is 19.5 Å². The van der Waals surface area contributed by atoms with Crippen molar-refractivity contribution in [2.45, 2.75) is 0 Å². The summed E-state index contributed by atoms with van der Waals surface area (Å²) < 4.78 is 15.6. The Balaban J connectivity index is 0.971. The first-order valence-corrected chi connectivity index (χ1v) is 21.2. The minimum atomic E-state index is 0.554. The van der Waals surface area contributed by atoms with E-state index in [1.165, 1.54) is 21.5 Å². The van der Waals surface area contributed by atoms with Crippen LogP contribution >= 0.6 is 0 Å². The second-order valence-corrected chi connectivity index (χ2v) is 16.4. The van der Waals surface area contributed by atoms with Crippen LogP contribution < -0.4 is 0 Å². The second kappa shape index (κ2) is 12.9. The van der Waals surface area contributed by atoms with E-state index in [0.717, 1.165) is 98.8 Å². The van der Waals surface area contributed by atoms with E-state index in [9.17, 15) is 0 Å². The summed E-state index contributed by atoms with van der Waals surface area (Å²) in [4.78, 5) is 15.4. The summed E-state index contributed by atoms with van der Waals surface area (Å²) in [5.41, 5.74) is 9.17. The number of para-hydroxylation sites is 2. The number of furan rings is 2. The molecule has 10 aromatic carbocycles. The summed E-state index contributed by atoms with van der Waals surface area (Å²) in [5.74, 6) is 1.70. The molecule has 6 nitrogen and oxygen atoms in total. The minimum Gasteiger partial charge on any atom is -0.456 e. The summed E-state index contributed by atoms with van der Waals surface area (Å²) in [5, 5.41) is 13.7. The smallest absolute Gasteiger partial charge is 0.164 e. The Bertz CT molecular complexity index is 4230. The Labute approximate surface area is 358 Å². The average Bonchev–Trinajstić information content (AvgIpc) is 4.01. The molecule has 14 aromatic rings. The number of aromatic nitrogens is 4. The van der Waals surface area contributed by atoms with Gasteiger partial charge in [-0.25, -0.2) is 15.0 Å². The molecular weight excluding hydrogens is 773 g/mol. The lowest BCUT2D eigenvalue weighted by atomic mass is 10.0. The van der Waals surface area contributed by atoms with Gasteiger partial charge in [0, 0.05) is 60.5 Å². The van der Waals surface area contributed by atoms with Gasteiger partial charge in [-0.05, 0) is 81.5 Å². The molecule has 0 aliphatic rings. The standard InChI is InChI=1S/C57H32N4O2/c1-2-12-34-27-37(22-21-33(34)11-1)55-58-56(38-23-25-43-42-17-8-10-20-50(42)62-51(43)30-38)60-57(59-55)39-24-26-45-52(31-39)63-53-32-49(40-15-5-6-18-44(40)54(45)53)61-47-19-9-7-16-41(47)46-28-35-13-3-4-14-36(35)29-48(46)61/h1-32H. The fraction of sp³-hybridized carbons (Fsp3) is 0. The average molecular weight is 805 g/mol. The third kappa shape index (κ3) is 5.15. The SMILES string of the molecule is c1ccc2cc(-c3nc(-c4ccc5c(c4)oc4ccccc45)nc(-c4ccc5c(c4)oc4cc(-n6c7ccccc7c7cc8ccccc8cc76)c6ccccc6c45)n3)ccc2c1. The Morgan fingerprint density at radius 1 is 0.302 bits per heavy atom. The summed E-state index contributed by atoms with van der Waals surface area (Å²) in [6, 6.07) is 68.1. The molecule has 0 radical (unpaired) electrons. The second-order valence-electron chi connectivity index (χ2n) is 16.4. The molecule has 63 heavy (non-hydrogen) atoms. The first-order chi connectivity index (χ1) is 31.2. The van der Waals surface area contributed by atoms with Crippen LogP contribution in [0.4, 0.5) is 0 Å². The maximum absolute atomic E-state index is 6.91. The largest absolute Gasteiger partial charge is 0.456 e. The van der Waals surface area contributed by atoms with E-state index in [1.807, 2.05) is 24.3 Å². The molecule has 6 heteroatoms. The van der Waals surface area contributed by atoms with E-state index in [4.69, 9.17) is 23.8 Å². The van der Waals surface area contributed by atoms with Gasteiger partial charge >= 0.3 is 0 Å². The van der Waals surface area contributed by atoms with Crippen LogP contribution in [0.25, 0.3) is 138 Å². The van der Waals surface area contributed by atoms with Crippen molar-refractivity contribution in [3.05, 3.63) is 194 Å². The van der Waals surface area contributed by atoms with Gasteiger partial charge in [-0.2, -0.15) is 0 Å². The molecule has 0 unspecified atom stereocenters. The molecule has 0 saturated carbocycles. The van der Waals surface area contributed by atoms with Crippen molar-refractivity contribution in [2.75, 3.05) is 0 Å². The van der Waals surface area contributed by atoms with Gasteiger partial charge in [0.15, 0.2) is 17.5 Å². The van der Waals surface area contributed by atoms with Crippen LogP contribution in [0.15, 0.2) is 203 Å². The number of hydrogen-bond donors (Lipinski definition) is 0. The van der Waals surface area contributed by atoms with Gasteiger partial charge in [-0.15, -0.1) is 0 Å². The maximum Gasteiger partial charge on any atom is 0.164 e. The highest BCUT2D eigenvalue weighted by Crippen LogP contribution is 2.43. The fourth-order valence-corrected chi connectivity index (χ4v) is 9.82. The molecule has 0 N–H and O–H groups in total. The molecule has 292 valence electrons. The lowest BCUT2D eigenvalue weighted by Crippen LogP contribution is -2.00. The zero-order valence-electron chi connectivity index (χ0n) is 33.6. The lowest BCUT2D eigenvalue weighted by Gasteiger charge is -2.13. The van der Waals surface area contributed by atoms with E-state index < -0.39 is 0 Å². The van der Waals surface area contributed by atoms with E-state index in [0.29, 0.717) is 17.5 Å². The molecule has 0 aliphatic heterocycles. The molecular formula is C57H32N4O2. The summed E-state index contributed by atoms with van der Waals surface area (Å²) in [7, 11) is 0. The number of fused-ring (bicyclic) bond motifs is 13. The van der Waals surface area contributed by atoms with Crippen molar-refractivity contribution < 1.29 is 8.83 Å². The molecule has 4 heterocycles. The fourth-order valence-electron chi connectivity index (χ4n) is 9.82. The Hall–Kier alpha value is -8.61. The third-order valence-electron chi connectivity index (χ3n) is 12.8. The number of hydrogen-bond acceptors (Lipinski definition) is 5. The minimum absolute atomic E-state index is 0.554. The Kier molecular flexibility index (Phi) is 7.02. The van der Waals surface area contributed by atoms with Crippen LogP contribution in [0.3, 0.4) is 0 Å². The van der Waals surface area contributed by atoms with Crippen molar-refractivity contribution in [3.63, 3.8) is 0 Å². The third-order valence-corrected chi connectivity index (χ3v) is 12.8. The predicted octanol–water partition coefficient (Wildman–Crippen LogP) is 15.2. The van der Waals surface area contributed by atoms with Gasteiger partial charge < -0.3 is 13.4 Å². The number of rotatable bonds is 4. The predicted molar refractivity (Wildman–Crippen MR) is 258 cm³/mol. The molecule has 0 amide bonds. The van der Waals surface area contributed by atoms with Crippen molar-refractivity contribution in [1.82, 2.24) is 19.5 Å². The van der Waals surface area contributed by atoms with E-state index in [1.54, 1.807) is 0 Å². The topological polar surface area (TPSA) is 69.9 Å². The van der Waals surface area contributed by atoms with Crippen LogP contribution in [-0.2, 0) is 0 Å². The summed E-state index contributed by atoms with van der Waals surface area (Å²) in [6.07, 6.45) is 0. The molecule has 0 spiro atoms. The van der Waals surface area contributed by atoms with Gasteiger partial charge in [0.25, 0.3) is 0 Å². The lowest BCUT2D eigenvalue weighted by molar-refractivity contribution is 0.668. The van der Waals surface area contributed by atoms with Gasteiger partial charge in [-0.3, -0.25) is 0 Å². The van der Waals surface area contributed by atoms with Crippen molar-refractivity contribution in [3.8, 4) is 39.9 Å². The van der Waals surface area contributed by atoms with Gasteiger partial charge in [0.1, 0.15) is 22.3 Å². The van der Waals surface area contributed by atoms with Crippen LogP contribution in [0.2, 0.25) is 0 Å². The molecule has 4 aromatic heterocycles. The van der Waals surface area contributed by atoms with Crippen LogP contribution in [0.5, 0.6) is 0 Å². The molecule has 0 bridgehead atoms. The van der Waals surface area contributed by atoms with Gasteiger partial charge in [0.2, 0.25) is 0 Å². The van der Waals surface area contributed by atoms with E-state index >= 15 is 0 Å². The first kappa shape index (κ1) is 34.1. The van der Waals surface area contributed by atoms with Crippen LogP contribution in [0.1, 0.15) is 0 Å². The van der Waals surface area contributed by atoms with Crippen molar-refractivity contribution in [1.29, 1.82) is 0 Å². The molecule has 0 saturated heterocycles. The zero-order chi connectivity index (χ0) is 41.2.